The maximum absolute atomic E-state index is 5.34. The van der Waals surface area contributed by atoms with Gasteiger partial charge in [0.25, 0.3) is 0 Å². The van der Waals surface area contributed by atoms with Crippen molar-refractivity contribution < 1.29 is 4.74 Å². The Kier molecular flexibility index (Phi) is 6.87. The van der Waals surface area contributed by atoms with Crippen molar-refractivity contribution in [1.82, 2.24) is 0 Å². The Hall–Kier alpha value is -0.980. The van der Waals surface area contributed by atoms with Crippen LogP contribution in [0.15, 0.2) is 37.1 Å². The maximum atomic E-state index is 5.34. The summed E-state index contributed by atoms with van der Waals surface area (Å²) in [7, 11) is 0. The largest absolute Gasteiger partial charge is 0.494 e. The van der Waals surface area contributed by atoms with Gasteiger partial charge in [-0.15, -0.1) is 0 Å². The molecule has 0 aliphatic heterocycles. The number of hydrogen-bond donors (Lipinski definition) is 0. The molecule has 1 nitrogen and oxygen atoms in total. The molecule has 0 aromatic carbocycles. The SMILES string of the molecule is C=C/C=C\C(=C)OCC1CC1.CC(C)(C)C. The molecule has 0 spiro atoms. The normalized spacial score (nSPS) is 15.2. The summed E-state index contributed by atoms with van der Waals surface area (Å²) in [5.41, 5.74) is 0.500. The molecular weight excluding hydrogens is 196 g/mol. The van der Waals surface area contributed by atoms with E-state index in [1.165, 1.54) is 12.8 Å². The van der Waals surface area contributed by atoms with Crippen molar-refractivity contribution in [1.29, 1.82) is 0 Å². The molecule has 1 aliphatic carbocycles. The fourth-order valence-electron chi connectivity index (χ4n) is 0.733. The van der Waals surface area contributed by atoms with Gasteiger partial charge in [0.2, 0.25) is 0 Å². The van der Waals surface area contributed by atoms with Crippen LogP contribution in [0, 0.1) is 11.3 Å². The molecule has 0 amide bonds. The Bertz CT molecular complexity index is 233. The Balaban J connectivity index is 0.000000385. The molecule has 0 aromatic heterocycles. The van der Waals surface area contributed by atoms with Crippen molar-refractivity contribution in [2.75, 3.05) is 6.61 Å². The summed E-state index contributed by atoms with van der Waals surface area (Å²) < 4.78 is 5.34. The Morgan fingerprint density at radius 3 is 2.19 bits per heavy atom. The van der Waals surface area contributed by atoms with Crippen LogP contribution in [-0.2, 0) is 4.74 Å². The molecular formula is C15H26O. The Morgan fingerprint density at radius 2 is 1.81 bits per heavy atom. The summed E-state index contributed by atoms with van der Waals surface area (Å²) in [5, 5.41) is 0. The molecule has 92 valence electrons. The van der Waals surface area contributed by atoms with Crippen molar-refractivity contribution in [2.24, 2.45) is 11.3 Å². The van der Waals surface area contributed by atoms with E-state index in [0.717, 1.165) is 18.3 Å². The number of hydrogen-bond acceptors (Lipinski definition) is 1. The number of rotatable bonds is 5. The van der Waals surface area contributed by atoms with Crippen molar-refractivity contribution in [3.05, 3.63) is 37.1 Å². The van der Waals surface area contributed by atoms with Gasteiger partial charge in [0.15, 0.2) is 0 Å². The third-order valence-corrected chi connectivity index (χ3v) is 1.62. The molecule has 0 bridgehead atoms. The van der Waals surface area contributed by atoms with Crippen LogP contribution in [0.25, 0.3) is 0 Å². The maximum Gasteiger partial charge on any atom is 0.112 e. The van der Waals surface area contributed by atoms with Gasteiger partial charge in [-0.1, -0.05) is 53.0 Å². The summed E-state index contributed by atoms with van der Waals surface area (Å²) in [4.78, 5) is 0. The predicted octanol–water partition coefficient (Wildman–Crippen LogP) is 4.72. The van der Waals surface area contributed by atoms with E-state index in [1.807, 2.05) is 12.2 Å². The molecule has 1 fully saturated rings. The van der Waals surface area contributed by atoms with Crippen LogP contribution < -0.4 is 0 Å². The second-order valence-electron chi connectivity index (χ2n) is 5.82. The van der Waals surface area contributed by atoms with Gasteiger partial charge in [0.05, 0.1) is 6.61 Å². The van der Waals surface area contributed by atoms with Gasteiger partial charge in [-0.25, -0.2) is 0 Å². The lowest BCUT2D eigenvalue weighted by atomic mass is 10.0. The summed E-state index contributed by atoms with van der Waals surface area (Å²) in [6.45, 7) is 16.9. The second-order valence-corrected chi connectivity index (χ2v) is 5.82. The molecule has 16 heavy (non-hydrogen) atoms. The van der Waals surface area contributed by atoms with Crippen LogP contribution in [-0.4, -0.2) is 6.61 Å². The fraction of sp³-hybridized carbons (Fsp3) is 0.600. The summed E-state index contributed by atoms with van der Waals surface area (Å²) in [6, 6.07) is 0. The zero-order valence-corrected chi connectivity index (χ0v) is 11.3. The lowest BCUT2D eigenvalue weighted by Gasteiger charge is -2.05. The van der Waals surface area contributed by atoms with E-state index in [9.17, 15) is 0 Å². The fourth-order valence-corrected chi connectivity index (χ4v) is 0.733. The van der Waals surface area contributed by atoms with Gasteiger partial charge in [-0.3, -0.25) is 0 Å². The molecule has 0 heterocycles. The average molecular weight is 222 g/mol. The van der Waals surface area contributed by atoms with E-state index < -0.39 is 0 Å². The first-order chi connectivity index (χ1) is 7.33. The second kappa shape index (κ2) is 7.32. The first-order valence-electron chi connectivity index (χ1n) is 5.93. The summed E-state index contributed by atoms with van der Waals surface area (Å²) >= 11 is 0. The third-order valence-electron chi connectivity index (χ3n) is 1.62. The van der Waals surface area contributed by atoms with Crippen molar-refractivity contribution in [3.8, 4) is 0 Å². The molecule has 0 saturated heterocycles. The highest BCUT2D eigenvalue weighted by Gasteiger charge is 2.21. The molecule has 0 aromatic rings. The van der Waals surface area contributed by atoms with Crippen LogP contribution in [0.4, 0.5) is 0 Å². The lowest BCUT2D eigenvalue weighted by Crippen LogP contribution is -1.93. The Labute approximate surface area is 101 Å². The lowest BCUT2D eigenvalue weighted by molar-refractivity contribution is 0.212. The van der Waals surface area contributed by atoms with Gasteiger partial charge in [-0.05, 0) is 30.3 Å². The molecule has 1 aliphatic rings. The third kappa shape index (κ3) is 15.5. The van der Waals surface area contributed by atoms with Crippen LogP contribution in [0.3, 0.4) is 0 Å². The molecule has 0 unspecified atom stereocenters. The highest BCUT2D eigenvalue weighted by Crippen LogP contribution is 2.29. The summed E-state index contributed by atoms with van der Waals surface area (Å²) in [6.07, 6.45) is 8.01. The predicted molar refractivity (Wildman–Crippen MR) is 72.3 cm³/mol. The van der Waals surface area contributed by atoms with Crippen LogP contribution in [0.5, 0.6) is 0 Å². The van der Waals surface area contributed by atoms with E-state index in [4.69, 9.17) is 4.74 Å². The van der Waals surface area contributed by atoms with Gasteiger partial charge in [0, 0.05) is 0 Å². The van der Waals surface area contributed by atoms with E-state index in [0.29, 0.717) is 5.41 Å². The molecule has 0 atom stereocenters. The first kappa shape index (κ1) is 15.0. The summed E-state index contributed by atoms with van der Waals surface area (Å²) in [5.74, 6) is 1.53. The minimum absolute atomic E-state index is 0.500. The van der Waals surface area contributed by atoms with Gasteiger partial charge in [-0.2, -0.15) is 0 Å². The van der Waals surface area contributed by atoms with Crippen LogP contribution in [0.2, 0.25) is 0 Å². The van der Waals surface area contributed by atoms with Gasteiger partial charge >= 0.3 is 0 Å². The highest BCUT2D eigenvalue weighted by molar-refractivity contribution is 5.12. The minimum atomic E-state index is 0.500. The zero-order chi connectivity index (χ0) is 12.6. The average Bonchev–Trinajstić information content (AvgIpc) is 2.92. The van der Waals surface area contributed by atoms with E-state index >= 15 is 0 Å². The van der Waals surface area contributed by atoms with E-state index in [-0.39, 0.29) is 0 Å². The standard InChI is InChI=1S/C10H14O.C5H12/c1-3-4-5-9(2)11-8-10-6-7-10;1-5(2,3)4/h3-5,10H,1-2,6-8H2;1-4H3/b5-4-;. The van der Waals surface area contributed by atoms with Crippen LogP contribution in [0.1, 0.15) is 40.5 Å². The molecule has 0 N–H and O–H groups in total. The minimum Gasteiger partial charge on any atom is -0.494 e. The molecule has 1 rings (SSSR count). The van der Waals surface area contributed by atoms with E-state index in [2.05, 4.69) is 40.9 Å². The topological polar surface area (TPSA) is 9.23 Å². The van der Waals surface area contributed by atoms with Gasteiger partial charge in [0.1, 0.15) is 5.76 Å². The smallest absolute Gasteiger partial charge is 0.112 e. The van der Waals surface area contributed by atoms with Gasteiger partial charge < -0.3 is 4.74 Å². The quantitative estimate of drug-likeness (QED) is 0.483. The monoisotopic (exact) mass is 222 g/mol. The van der Waals surface area contributed by atoms with Crippen molar-refractivity contribution in [2.45, 2.75) is 40.5 Å². The van der Waals surface area contributed by atoms with Crippen LogP contribution >= 0.6 is 0 Å². The first-order valence-corrected chi connectivity index (χ1v) is 5.93. The zero-order valence-electron chi connectivity index (χ0n) is 11.3. The van der Waals surface area contributed by atoms with E-state index in [1.54, 1.807) is 6.08 Å². The number of allylic oxidation sites excluding steroid dienone is 3. The van der Waals surface area contributed by atoms with Crippen molar-refractivity contribution >= 4 is 0 Å². The number of ether oxygens (including phenoxy) is 1. The highest BCUT2D eigenvalue weighted by atomic mass is 16.5. The Morgan fingerprint density at radius 1 is 1.31 bits per heavy atom. The van der Waals surface area contributed by atoms with Crippen molar-refractivity contribution in [3.63, 3.8) is 0 Å². The molecule has 0 radical (unpaired) electrons. The molecule has 1 heteroatoms. The molecule has 1 saturated carbocycles.